The van der Waals surface area contributed by atoms with Crippen molar-refractivity contribution < 1.29 is 0 Å². The molecule has 0 aliphatic heterocycles. The second-order valence-corrected chi connectivity index (χ2v) is 3.88. The van der Waals surface area contributed by atoms with E-state index in [9.17, 15) is 0 Å². The van der Waals surface area contributed by atoms with Crippen LogP contribution in [0.5, 0.6) is 0 Å². The summed E-state index contributed by atoms with van der Waals surface area (Å²) in [4.78, 5) is 4.22. The van der Waals surface area contributed by atoms with Gasteiger partial charge in [0.15, 0.2) is 5.13 Å². The molecule has 2 nitrogen and oxygen atoms in total. The maximum Gasteiger partial charge on any atom is 0.184 e. The molecule has 0 aliphatic carbocycles. The fraction of sp³-hybridized carbons (Fsp3) is 0.0833. The number of hydrogen-bond donors (Lipinski definition) is 1. The SMILES string of the molecule is C#Cc1csc(NCc2ccccc2)n1. The molecule has 1 N–H and O–H groups in total. The number of terminal acetylenes is 1. The lowest BCUT2D eigenvalue weighted by Gasteiger charge is -2.01. The Labute approximate surface area is 93.0 Å². The molecular formula is C12H10N2S. The Kier molecular flexibility index (Phi) is 3.01. The summed E-state index contributed by atoms with van der Waals surface area (Å²) in [6.45, 7) is 0.776. The van der Waals surface area contributed by atoms with Gasteiger partial charge in [-0.15, -0.1) is 17.8 Å². The minimum Gasteiger partial charge on any atom is -0.357 e. The maximum absolute atomic E-state index is 5.24. The van der Waals surface area contributed by atoms with Crippen LogP contribution in [0.25, 0.3) is 0 Å². The molecular weight excluding hydrogens is 204 g/mol. The van der Waals surface area contributed by atoms with Crippen molar-refractivity contribution in [3.05, 3.63) is 47.0 Å². The summed E-state index contributed by atoms with van der Waals surface area (Å²) in [5, 5.41) is 5.96. The van der Waals surface area contributed by atoms with Crippen LogP contribution >= 0.6 is 11.3 Å². The molecule has 0 amide bonds. The highest BCUT2D eigenvalue weighted by Gasteiger charge is 1.98. The van der Waals surface area contributed by atoms with Crippen LogP contribution in [0.4, 0.5) is 5.13 Å². The third-order valence-electron chi connectivity index (χ3n) is 1.94. The normalized spacial score (nSPS) is 9.53. The summed E-state index contributed by atoms with van der Waals surface area (Å²) in [5.74, 6) is 2.50. The number of nitrogens with zero attached hydrogens (tertiary/aromatic N) is 1. The van der Waals surface area contributed by atoms with Crippen LogP contribution in [0.1, 0.15) is 11.3 Å². The first-order valence-electron chi connectivity index (χ1n) is 4.58. The predicted octanol–water partition coefficient (Wildman–Crippen LogP) is 2.74. The van der Waals surface area contributed by atoms with Gasteiger partial charge >= 0.3 is 0 Å². The second kappa shape index (κ2) is 4.63. The van der Waals surface area contributed by atoms with Crippen LogP contribution in [-0.4, -0.2) is 4.98 Å². The summed E-state index contributed by atoms with van der Waals surface area (Å²) in [5.41, 5.74) is 1.92. The highest BCUT2D eigenvalue weighted by Crippen LogP contribution is 2.15. The zero-order valence-corrected chi connectivity index (χ0v) is 8.92. The van der Waals surface area contributed by atoms with Crippen molar-refractivity contribution in [2.45, 2.75) is 6.54 Å². The molecule has 0 fully saturated rings. The standard InChI is InChI=1S/C12H10N2S/c1-2-11-9-15-12(14-11)13-8-10-6-4-3-5-7-10/h1,3-7,9H,8H2,(H,13,14). The van der Waals surface area contributed by atoms with Crippen LogP contribution in [0.2, 0.25) is 0 Å². The molecule has 0 saturated heterocycles. The molecule has 0 unspecified atom stereocenters. The van der Waals surface area contributed by atoms with Gasteiger partial charge in [-0.3, -0.25) is 0 Å². The van der Waals surface area contributed by atoms with Gasteiger partial charge in [0.25, 0.3) is 0 Å². The highest BCUT2D eigenvalue weighted by molar-refractivity contribution is 7.13. The zero-order chi connectivity index (χ0) is 10.5. The number of aromatic nitrogens is 1. The molecule has 0 atom stereocenters. The van der Waals surface area contributed by atoms with Gasteiger partial charge in [-0.2, -0.15) is 0 Å². The summed E-state index contributed by atoms with van der Waals surface area (Å²) in [6, 6.07) is 10.2. The van der Waals surface area contributed by atoms with Crippen molar-refractivity contribution in [1.29, 1.82) is 0 Å². The zero-order valence-electron chi connectivity index (χ0n) is 8.10. The number of anilines is 1. The van der Waals surface area contributed by atoms with E-state index in [0.29, 0.717) is 5.69 Å². The summed E-state index contributed by atoms with van der Waals surface area (Å²) in [6.07, 6.45) is 5.24. The van der Waals surface area contributed by atoms with Gasteiger partial charge in [-0.1, -0.05) is 30.3 Å². The molecule has 1 aromatic heterocycles. The van der Waals surface area contributed by atoms with E-state index < -0.39 is 0 Å². The minimum atomic E-state index is 0.690. The Morgan fingerprint density at radius 2 is 2.13 bits per heavy atom. The maximum atomic E-state index is 5.24. The molecule has 2 aromatic rings. The Hall–Kier alpha value is -1.79. The quantitative estimate of drug-likeness (QED) is 0.795. The topological polar surface area (TPSA) is 24.9 Å². The molecule has 1 heterocycles. The molecule has 3 heteroatoms. The van der Waals surface area contributed by atoms with E-state index in [4.69, 9.17) is 6.42 Å². The average Bonchev–Trinajstić information content (AvgIpc) is 2.76. The Balaban J connectivity index is 1.97. The fourth-order valence-electron chi connectivity index (χ4n) is 1.19. The van der Waals surface area contributed by atoms with E-state index in [0.717, 1.165) is 11.7 Å². The second-order valence-electron chi connectivity index (χ2n) is 3.02. The Morgan fingerprint density at radius 1 is 1.33 bits per heavy atom. The molecule has 15 heavy (non-hydrogen) atoms. The van der Waals surface area contributed by atoms with Gasteiger partial charge in [-0.05, 0) is 11.5 Å². The monoisotopic (exact) mass is 214 g/mol. The van der Waals surface area contributed by atoms with Crippen LogP contribution in [0.15, 0.2) is 35.7 Å². The van der Waals surface area contributed by atoms with Crippen LogP contribution in [0.3, 0.4) is 0 Å². The first-order valence-corrected chi connectivity index (χ1v) is 5.46. The number of thiazole rings is 1. The summed E-state index contributed by atoms with van der Waals surface area (Å²) < 4.78 is 0. The van der Waals surface area contributed by atoms with E-state index in [1.54, 1.807) is 0 Å². The van der Waals surface area contributed by atoms with E-state index in [1.165, 1.54) is 16.9 Å². The molecule has 0 saturated carbocycles. The van der Waals surface area contributed by atoms with Crippen molar-refractivity contribution in [3.8, 4) is 12.3 Å². The first kappa shape index (κ1) is 9.75. The van der Waals surface area contributed by atoms with Crippen LogP contribution < -0.4 is 5.32 Å². The minimum absolute atomic E-state index is 0.690. The smallest absolute Gasteiger partial charge is 0.184 e. The lowest BCUT2D eigenvalue weighted by Crippen LogP contribution is -1.98. The van der Waals surface area contributed by atoms with Crippen LogP contribution in [0, 0.1) is 12.3 Å². The van der Waals surface area contributed by atoms with Crippen molar-refractivity contribution in [2.75, 3.05) is 5.32 Å². The summed E-state index contributed by atoms with van der Waals surface area (Å²) in [7, 11) is 0. The number of rotatable bonds is 3. The number of hydrogen-bond acceptors (Lipinski definition) is 3. The molecule has 0 spiro atoms. The molecule has 2 rings (SSSR count). The van der Waals surface area contributed by atoms with Crippen molar-refractivity contribution in [1.82, 2.24) is 4.98 Å². The molecule has 0 aliphatic rings. The molecule has 0 radical (unpaired) electrons. The molecule has 1 aromatic carbocycles. The lowest BCUT2D eigenvalue weighted by molar-refractivity contribution is 1.13. The largest absolute Gasteiger partial charge is 0.357 e. The van der Waals surface area contributed by atoms with Crippen LogP contribution in [-0.2, 0) is 6.54 Å². The first-order chi connectivity index (χ1) is 7.38. The fourth-order valence-corrected chi connectivity index (χ4v) is 1.85. The van der Waals surface area contributed by atoms with Crippen molar-refractivity contribution in [2.24, 2.45) is 0 Å². The van der Waals surface area contributed by atoms with Gasteiger partial charge < -0.3 is 5.32 Å². The Morgan fingerprint density at radius 3 is 2.80 bits per heavy atom. The predicted molar refractivity (Wildman–Crippen MR) is 63.8 cm³/mol. The number of benzene rings is 1. The van der Waals surface area contributed by atoms with Crippen molar-refractivity contribution in [3.63, 3.8) is 0 Å². The van der Waals surface area contributed by atoms with E-state index >= 15 is 0 Å². The third-order valence-corrected chi connectivity index (χ3v) is 2.74. The van der Waals surface area contributed by atoms with Crippen molar-refractivity contribution >= 4 is 16.5 Å². The van der Waals surface area contributed by atoms with Gasteiger partial charge in [-0.25, -0.2) is 4.98 Å². The van der Waals surface area contributed by atoms with Gasteiger partial charge in [0, 0.05) is 11.9 Å². The third kappa shape index (κ3) is 2.58. The van der Waals surface area contributed by atoms with Gasteiger partial charge in [0.05, 0.1) is 0 Å². The Bertz CT molecular complexity index is 468. The number of nitrogens with one attached hydrogen (secondary N) is 1. The van der Waals surface area contributed by atoms with Gasteiger partial charge in [0.2, 0.25) is 0 Å². The van der Waals surface area contributed by atoms with E-state index in [1.807, 2.05) is 23.6 Å². The lowest BCUT2D eigenvalue weighted by atomic mass is 10.2. The van der Waals surface area contributed by atoms with E-state index in [-0.39, 0.29) is 0 Å². The van der Waals surface area contributed by atoms with E-state index in [2.05, 4.69) is 28.4 Å². The molecule has 0 bridgehead atoms. The average molecular weight is 214 g/mol. The molecule has 74 valence electrons. The van der Waals surface area contributed by atoms with Gasteiger partial charge in [0.1, 0.15) is 5.69 Å². The summed E-state index contributed by atoms with van der Waals surface area (Å²) >= 11 is 1.53. The highest BCUT2D eigenvalue weighted by atomic mass is 32.1.